The number of nitrogens with two attached hydrogens (primary N) is 1. The van der Waals surface area contributed by atoms with Gasteiger partial charge in [0, 0.05) is 23.4 Å². The van der Waals surface area contributed by atoms with E-state index in [-0.39, 0.29) is 37.7 Å². The minimum atomic E-state index is -5.08. The summed E-state index contributed by atoms with van der Waals surface area (Å²) in [6.45, 7) is 0.140. The summed E-state index contributed by atoms with van der Waals surface area (Å²) in [6, 6.07) is 7.61. The van der Waals surface area contributed by atoms with Crippen LogP contribution in [0.3, 0.4) is 0 Å². The van der Waals surface area contributed by atoms with Crippen molar-refractivity contribution in [3.05, 3.63) is 62.5 Å². The molecule has 0 spiro atoms. The van der Waals surface area contributed by atoms with Gasteiger partial charge in [0.15, 0.2) is 11.5 Å². The van der Waals surface area contributed by atoms with Gasteiger partial charge in [-0.05, 0) is 34.7 Å². The molecule has 0 saturated heterocycles. The average molecular weight is 520 g/mol. The first kappa shape index (κ1) is 25.9. The Hall–Kier alpha value is -3.72. The largest absolute Gasteiger partial charge is 0.490 e. The molecule has 1 aliphatic heterocycles. The van der Waals surface area contributed by atoms with Crippen LogP contribution in [0.25, 0.3) is 11.1 Å². The number of benzene rings is 1. The highest BCUT2D eigenvalue weighted by atomic mass is 32.1. The molecule has 0 saturated carbocycles. The number of halogens is 5. The minimum absolute atomic E-state index is 0.183. The van der Waals surface area contributed by atoms with Gasteiger partial charge in [0.1, 0.15) is 5.82 Å². The highest BCUT2D eigenvalue weighted by Gasteiger charge is 2.38. The van der Waals surface area contributed by atoms with Crippen molar-refractivity contribution < 1.29 is 41.3 Å². The molecule has 0 unspecified atom stereocenters. The molecule has 0 radical (unpaired) electrons. The number of aromatic nitrogens is 3. The van der Waals surface area contributed by atoms with Gasteiger partial charge in [-0.2, -0.15) is 27.1 Å². The van der Waals surface area contributed by atoms with E-state index in [4.69, 9.17) is 25.1 Å². The summed E-state index contributed by atoms with van der Waals surface area (Å²) in [4.78, 5) is 21.9. The van der Waals surface area contributed by atoms with Crippen LogP contribution in [0, 0.1) is 0 Å². The molecule has 0 aliphatic carbocycles. The number of nitrogens with zero attached hydrogens (tertiary/aromatic N) is 2. The number of rotatable bonds is 6. The zero-order valence-corrected chi connectivity index (χ0v) is 18.4. The molecular formula is C20H17F5N4O5S. The molecule has 9 nitrogen and oxygen atoms in total. The van der Waals surface area contributed by atoms with Gasteiger partial charge in [-0.3, -0.25) is 4.57 Å². The van der Waals surface area contributed by atoms with Crippen LogP contribution in [0.2, 0.25) is 0 Å². The van der Waals surface area contributed by atoms with Crippen LogP contribution in [-0.4, -0.2) is 45.4 Å². The number of H-pyrrole nitrogens is 1. The number of ether oxygens (including phenoxy) is 2. The second-order valence-corrected chi connectivity index (χ2v) is 7.94. The predicted molar refractivity (Wildman–Crippen MR) is 114 cm³/mol. The Bertz CT molecular complexity index is 1290. The number of alkyl halides is 3. The summed E-state index contributed by atoms with van der Waals surface area (Å²) < 4.78 is 69.6. The molecule has 0 amide bonds. The first-order valence-corrected chi connectivity index (χ1v) is 10.5. The van der Waals surface area contributed by atoms with Gasteiger partial charge in [-0.25, -0.2) is 14.7 Å². The van der Waals surface area contributed by atoms with E-state index in [0.717, 1.165) is 16.0 Å². The summed E-state index contributed by atoms with van der Waals surface area (Å²) in [5.74, 6) is -1.14. The fourth-order valence-electron chi connectivity index (χ4n) is 2.90. The van der Waals surface area contributed by atoms with Crippen molar-refractivity contribution in [2.45, 2.75) is 19.1 Å². The summed E-state index contributed by atoms with van der Waals surface area (Å²) >= 11 is 1.47. The molecule has 4 rings (SSSR count). The molecule has 4 N–H and O–H groups in total. The normalized spacial score (nSPS) is 12.2. The van der Waals surface area contributed by atoms with Gasteiger partial charge in [-0.1, -0.05) is 6.07 Å². The molecule has 35 heavy (non-hydrogen) atoms. The van der Waals surface area contributed by atoms with Crippen molar-refractivity contribution >= 4 is 17.3 Å². The Morgan fingerprint density at radius 2 is 1.89 bits per heavy atom. The van der Waals surface area contributed by atoms with E-state index < -0.39 is 23.9 Å². The maximum Gasteiger partial charge on any atom is 0.490 e. The zero-order chi connectivity index (χ0) is 25.8. The molecule has 0 atom stereocenters. The minimum Gasteiger partial charge on any atom is -0.475 e. The molecule has 0 fully saturated rings. The number of aromatic amines is 1. The Labute approximate surface area is 197 Å². The van der Waals surface area contributed by atoms with Gasteiger partial charge in [-0.15, -0.1) is 11.3 Å². The van der Waals surface area contributed by atoms with Crippen LogP contribution in [0.1, 0.15) is 10.7 Å². The van der Waals surface area contributed by atoms with Crippen LogP contribution in [0.15, 0.2) is 46.1 Å². The van der Waals surface area contributed by atoms with Crippen molar-refractivity contribution in [1.29, 1.82) is 0 Å². The predicted octanol–water partition coefficient (Wildman–Crippen LogP) is 3.36. The second-order valence-electron chi connectivity index (χ2n) is 6.95. The van der Waals surface area contributed by atoms with E-state index >= 15 is 0 Å². The fourth-order valence-corrected chi connectivity index (χ4v) is 3.78. The molecule has 15 heteroatoms. The topological polar surface area (TPSA) is 132 Å². The molecule has 3 heterocycles. The number of hydrogen-bond donors (Lipinski definition) is 3. The fraction of sp³-hybridized carbons (Fsp3) is 0.250. The second kappa shape index (κ2) is 10.7. The summed E-state index contributed by atoms with van der Waals surface area (Å²) in [5.41, 5.74) is 6.58. The number of aliphatic carboxylic acids is 1. The van der Waals surface area contributed by atoms with E-state index in [1.54, 1.807) is 0 Å². The Morgan fingerprint density at radius 3 is 2.51 bits per heavy atom. The molecular weight excluding hydrogens is 503 g/mol. The van der Waals surface area contributed by atoms with Crippen LogP contribution < -0.4 is 20.9 Å². The number of thiophene rings is 1. The molecule has 1 aliphatic rings. The lowest BCUT2D eigenvalue weighted by Crippen LogP contribution is -2.21. The number of carbonyl (C=O) groups is 1. The SMILES string of the molecule is NCC(Cc1n[nH]c(=O)n1Cc1cc(-c2ccc3c(c2)OCO3)cs1)=C(F)F.O=C(O)C(F)(F)F. The van der Waals surface area contributed by atoms with Crippen LogP contribution >= 0.6 is 11.3 Å². The highest BCUT2D eigenvalue weighted by molar-refractivity contribution is 7.10. The Morgan fingerprint density at radius 1 is 1.20 bits per heavy atom. The number of nitrogens with one attached hydrogen (secondary N) is 1. The van der Waals surface area contributed by atoms with Crippen molar-refractivity contribution in [1.82, 2.24) is 14.8 Å². The quantitative estimate of drug-likeness (QED) is 0.425. The molecule has 188 valence electrons. The van der Waals surface area contributed by atoms with E-state index in [1.807, 2.05) is 29.6 Å². The van der Waals surface area contributed by atoms with Crippen molar-refractivity contribution in [3.63, 3.8) is 0 Å². The van der Waals surface area contributed by atoms with Gasteiger partial charge in [0.2, 0.25) is 6.79 Å². The monoisotopic (exact) mass is 520 g/mol. The maximum atomic E-state index is 12.9. The molecule has 1 aromatic carbocycles. The lowest BCUT2D eigenvalue weighted by Gasteiger charge is -2.05. The standard InChI is InChI=1S/C18H16F2N4O3S.C2HF3O2/c19-17(20)11(6-21)5-16-22-23-18(25)24(16)7-13-3-12(8-28-13)10-1-2-14-15(4-10)27-9-26-14;3-2(4,5)1(6)7/h1-4,8H,5-7,9,21H2,(H,23,25);(H,6,7). The van der Waals surface area contributed by atoms with Gasteiger partial charge in [0.05, 0.1) is 6.54 Å². The number of carboxylic acid groups (broad SMARTS) is 1. The van der Waals surface area contributed by atoms with Gasteiger partial charge >= 0.3 is 17.8 Å². The van der Waals surface area contributed by atoms with Gasteiger partial charge in [0.25, 0.3) is 6.08 Å². The highest BCUT2D eigenvalue weighted by Crippen LogP contribution is 2.37. The first-order valence-electron chi connectivity index (χ1n) is 9.64. The molecule has 0 bridgehead atoms. The van der Waals surface area contributed by atoms with Crippen LogP contribution in [-0.2, 0) is 17.8 Å². The zero-order valence-electron chi connectivity index (χ0n) is 17.6. The molecule has 3 aromatic rings. The lowest BCUT2D eigenvalue weighted by molar-refractivity contribution is -0.192. The lowest BCUT2D eigenvalue weighted by atomic mass is 10.1. The third-order valence-electron chi connectivity index (χ3n) is 4.64. The van der Waals surface area contributed by atoms with E-state index in [2.05, 4.69) is 10.2 Å². The van der Waals surface area contributed by atoms with Crippen molar-refractivity contribution in [2.75, 3.05) is 13.3 Å². The summed E-state index contributed by atoms with van der Waals surface area (Å²) in [5, 5.41) is 15.3. The van der Waals surface area contributed by atoms with E-state index in [9.17, 15) is 26.7 Å². The van der Waals surface area contributed by atoms with Crippen molar-refractivity contribution in [2.24, 2.45) is 5.73 Å². The van der Waals surface area contributed by atoms with E-state index in [0.29, 0.717) is 11.5 Å². The number of fused-ring (bicyclic) bond motifs is 1. The first-order chi connectivity index (χ1) is 16.5. The van der Waals surface area contributed by atoms with Crippen molar-refractivity contribution in [3.8, 4) is 22.6 Å². The van der Waals surface area contributed by atoms with E-state index in [1.165, 1.54) is 15.9 Å². The number of hydrogen-bond acceptors (Lipinski definition) is 7. The molecule has 2 aromatic heterocycles. The Balaban J connectivity index is 0.000000429. The summed E-state index contributed by atoms with van der Waals surface area (Å²) in [7, 11) is 0. The van der Waals surface area contributed by atoms with Crippen LogP contribution in [0.5, 0.6) is 11.5 Å². The third kappa shape index (κ3) is 6.45. The third-order valence-corrected chi connectivity index (χ3v) is 5.56. The van der Waals surface area contributed by atoms with Crippen LogP contribution in [0.4, 0.5) is 22.0 Å². The summed E-state index contributed by atoms with van der Waals surface area (Å²) in [6.07, 6.45) is -7.11. The average Bonchev–Trinajstić information content (AvgIpc) is 3.53. The smallest absolute Gasteiger partial charge is 0.475 e. The van der Waals surface area contributed by atoms with Gasteiger partial charge < -0.3 is 20.3 Å². The Kier molecular flexibility index (Phi) is 7.91. The number of carboxylic acids is 1. The maximum absolute atomic E-state index is 12.9.